The molecule has 0 saturated carbocycles. The Hall–Kier alpha value is -0.950. The predicted octanol–water partition coefficient (Wildman–Crippen LogP) is 2.18. The molecule has 2 aliphatic heterocycles. The van der Waals surface area contributed by atoms with E-state index in [0.717, 1.165) is 12.8 Å². The van der Waals surface area contributed by atoms with Gasteiger partial charge in [-0.15, -0.1) is 0 Å². The second-order valence-electron chi connectivity index (χ2n) is 6.27. The molecule has 2 fully saturated rings. The first-order valence-electron chi connectivity index (χ1n) is 8.39. The van der Waals surface area contributed by atoms with Gasteiger partial charge in [-0.2, -0.15) is 0 Å². The van der Waals surface area contributed by atoms with Crippen molar-refractivity contribution in [2.24, 2.45) is 0 Å². The van der Waals surface area contributed by atoms with E-state index in [1.165, 1.54) is 5.56 Å². The highest BCUT2D eigenvalue weighted by Gasteiger charge is 2.40. The van der Waals surface area contributed by atoms with Crippen LogP contribution >= 0.6 is 0 Å². The quantitative estimate of drug-likeness (QED) is 0.825. The van der Waals surface area contributed by atoms with Crippen LogP contribution < -0.4 is 0 Å². The molecule has 2 heterocycles. The molecule has 0 aliphatic carbocycles. The zero-order valence-corrected chi connectivity index (χ0v) is 14.3. The fourth-order valence-electron chi connectivity index (χ4n) is 3.24. The van der Waals surface area contributed by atoms with Crippen LogP contribution in [0.15, 0.2) is 30.3 Å². The van der Waals surface area contributed by atoms with Crippen LogP contribution in [-0.4, -0.2) is 50.6 Å². The highest BCUT2D eigenvalue weighted by molar-refractivity contribution is 7.89. The second kappa shape index (κ2) is 7.30. The molecule has 0 amide bonds. The van der Waals surface area contributed by atoms with Gasteiger partial charge in [-0.05, 0) is 24.8 Å². The normalized spacial score (nSPS) is 22.3. The van der Waals surface area contributed by atoms with Crippen molar-refractivity contribution in [3.05, 3.63) is 35.9 Å². The van der Waals surface area contributed by atoms with E-state index in [0.29, 0.717) is 45.6 Å². The highest BCUT2D eigenvalue weighted by atomic mass is 32.2. The number of rotatable bonds is 5. The Kier molecular flexibility index (Phi) is 5.36. The molecule has 128 valence electrons. The first kappa shape index (κ1) is 16.9. The van der Waals surface area contributed by atoms with Gasteiger partial charge in [0.2, 0.25) is 10.0 Å². The van der Waals surface area contributed by atoms with Gasteiger partial charge in [0.1, 0.15) is 0 Å². The molecular weight excluding hydrogens is 314 g/mol. The zero-order valence-electron chi connectivity index (χ0n) is 13.4. The van der Waals surface area contributed by atoms with Crippen molar-refractivity contribution in [1.82, 2.24) is 4.31 Å². The van der Waals surface area contributed by atoms with Gasteiger partial charge in [-0.3, -0.25) is 0 Å². The van der Waals surface area contributed by atoms with Crippen molar-refractivity contribution in [3.8, 4) is 0 Å². The smallest absolute Gasteiger partial charge is 0.214 e. The zero-order chi connectivity index (χ0) is 16.2. The second-order valence-corrected chi connectivity index (χ2v) is 8.35. The van der Waals surface area contributed by atoms with Gasteiger partial charge >= 0.3 is 0 Å². The molecule has 2 saturated heterocycles. The molecule has 6 heteroatoms. The summed E-state index contributed by atoms with van der Waals surface area (Å²) in [7, 11) is -3.19. The van der Waals surface area contributed by atoms with Gasteiger partial charge < -0.3 is 9.47 Å². The lowest BCUT2D eigenvalue weighted by Crippen LogP contribution is -2.51. The number of hydrogen-bond donors (Lipinski definition) is 0. The van der Waals surface area contributed by atoms with Crippen LogP contribution in [0, 0.1) is 0 Å². The molecule has 1 aromatic carbocycles. The molecule has 0 bridgehead atoms. The number of piperidine rings is 1. The summed E-state index contributed by atoms with van der Waals surface area (Å²) >= 11 is 0. The average molecular weight is 339 g/mol. The number of hydrogen-bond acceptors (Lipinski definition) is 4. The van der Waals surface area contributed by atoms with E-state index in [2.05, 4.69) is 0 Å². The topological polar surface area (TPSA) is 55.8 Å². The van der Waals surface area contributed by atoms with Crippen molar-refractivity contribution in [2.45, 2.75) is 37.9 Å². The number of ether oxygens (including phenoxy) is 2. The summed E-state index contributed by atoms with van der Waals surface area (Å²) in [5.41, 5.74) is 1.18. The molecule has 3 rings (SSSR count). The minimum Gasteiger partial charge on any atom is -0.350 e. The van der Waals surface area contributed by atoms with E-state index in [-0.39, 0.29) is 5.75 Å². The van der Waals surface area contributed by atoms with Crippen LogP contribution in [-0.2, 0) is 25.9 Å². The van der Waals surface area contributed by atoms with E-state index in [4.69, 9.17) is 9.47 Å². The van der Waals surface area contributed by atoms with E-state index in [1.54, 1.807) is 4.31 Å². The maximum atomic E-state index is 12.5. The third-order valence-electron chi connectivity index (χ3n) is 4.61. The van der Waals surface area contributed by atoms with Crippen LogP contribution in [0.3, 0.4) is 0 Å². The molecule has 2 aliphatic rings. The third-order valence-corrected chi connectivity index (χ3v) is 6.56. The fraction of sp³-hybridized carbons (Fsp3) is 0.647. The molecule has 0 N–H and O–H groups in total. The molecule has 5 nitrogen and oxygen atoms in total. The maximum absolute atomic E-state index is 12.5. The first-order valence-corrected chi connectivity index (χ1v) is 10.0. The molecule has 0 radical (unpaired) electrons. The Labute approximate surface area is 138 Å². The largest absolute Gasteiger partial charge is 0.350 e. The Bertz CT molecular complexity index is 586. The molecule has 23 heavy (non-hydrogen) atoms. The van der Waals surface area contributed by atoms with Crippen molar-refractivity contribution in [3.63, 3.8) is 0 Å². The third kappa shape index (κ3) is 4.32. The predicted molar refractivity (Wildman–Crippen MR) is 88.6 cm³/mol. The summed E-state index contributed by atoms with van der Waals surface area (Å²) in [5.74, 6) is -0.328. The summed E-state index contributed by atoms with van der Waals surface area (Å²) in [5, 5.41) is 0. The van der Waals surface area contributed by atoms with Crippen LogP contribution in [0.4, 0.5) is 0 Å². The van der Waals surface area contributed by atoms with E-state index in [1.807, 2.05) is 30.3 Å². The molecular formula is C17H25NO4S. The summed E-state index contributed by atoms with van der Waals surface area (Å²) in [6, 6.07) is 10.0. The number of benzene rings is 1. The summed E-state index contributed by atoms with van der Waals surface area (Å²) in [6.45, 7) is 2.41. The monoisotopic (exact) mass is 339 g/mol. The summed E-state index contributed by atoms with van der Waals surface area (Å²) < 4.78 is 38.1. The molecule has 0 atom stereocenters. The lowest BCUT2D eigenvalue weighted by molar-refractivity contribution is -0.280. The van der Waals surface area contributed by atoms with Gasteiger partial charge in [0.25, 0.3) is 0 Å². The van der Waals surface area contributed by atoms with Gasteiger partial charge in [0, 0.05) is 25.9 Å². The van der Waals surface area contributed by atoms with E-state index < -0.39 is 15.8 Å². The van der Waals surface area contributed by atoms with Crippen LogP contribution in [0.2, 0.25) is 0 Å². The Balaban J connectivity index is 1.48. The number of nitrogens with zero attached hydrogens (tertiary/aromatic N) is 1. The van der Waals surface area contributed by atoms with Crippen molar-refractivity contribution < 1.29 is 17.9 Å². The first-order chi connectivity index (χ1) is 11.1. The summed E-state index contributed by atoms with van der Waals surface area (Å²) in [4.78, 5) is 0. The van der Waals surface area contributed by atoms with E-state index >= 15 is 0 Å². The Morgan fingerprint density at radius 2 is 1.70 bits per heavy atom. The summed E-state index contributed by atoms with van der Waals surface area (Å²) in [6.07, 6.45) is 3.63. The van der Waals surface area contributed by atoms with Crippen LogP contribution in [0.1, 0.15) is 31.2 Å². The van der Waals surface area contributed by atoms with Crippen molar-refractivity contribution in [2.75, 3.05) is 32.1 Å². The highest BCUT2D eigenvalue weighted by Crippen LogP contribution is 2.31. The maximum Gasteiger partial charge on any atom is 0.214 e. The minimum absolute atomic E-state index is 0.205. The number of aryl methyl sites for hydroxylation is 1. The lowest BCUT2D eigenvalue weighted by Gasteiger charge is -2.42. The Morgan fingerprint density at radius 1 is 1.04 bits per heavy atom. The SMILES string of the molecule is O=S(=O)(CCCc1ccccc1)N1CCC2(CC1)OCCCO2. The Morgan fingerprint density at radius 3 is 2.35 bits per heavy atom. The average Bonchev–Trinajstić information content (AvgIpc) is 2.57. The van der Waals surface area contributed by atoms with Crippen LogP contribution in [0.25, 0.3) is 0 Å². The minimum atomic E-state index is -3.19. The van der Waals surface area contributed by atoms with Crippen molar-refractivity contribution >= 4 is 10.0 Å². The van der Waals surface area contributed by atoms with Gasteiger partial charge in [0.05, 0.1) is 19.0 Å². The lowest BCUT2D eigenvalue weighted by atomic mass is 10.0. The molecule has 0 aromatic heterocycles. The van der Waals surface area contributed by atoms with Gasteiger partial charge in [-0.1, -0.05) is 30.3 Å². The standard InChI is InChI=1S/C17H25NO4S/c19-23(20,15-4-8-16-6-2-1-3-7-16)18-11-9-17(10-12-18)21-13-5-14-22-17/h1-3,6-7H,4-5,8-15H2. The van der Waals surface area contributed by atoms with E-state index in [9.17, 15) is 8.42 Å². The molecule has 1 spiro atoms. The number of sulfonamides is 1. The van der Waals surface area contributed by atoms with Gasteiger partial charge in [0.15, 0.2) is 5.79 Å². The van der Waals surface area contributed by atoms with Crippen LogP contribution in [0.5, 0.6) is 0 Å². The molecule has 0 unspecified atom stereocenters. The van der Waals surface area contributed by atoms with Crippen molar-refractivity contribution in [1.29, 1.82) is 0 Å². The van der Waals surface area contributed by atoms with Gasteiger partial charge in [-0.25, -0.2) is 12.7 Å². The molecule has 1 aromatic rings. The fourth-order valence-corrected chi connectivity index (χ4v) is 4.75.